The monoisotopic (exact) mass is 357 g/mol. The van der Waals surface area contributed by atoms with Crippen LogP contribution in [0.2, 0.25) is 0 Å². The number of rotatable bonds is 3. The SMILES string of the molecule is CN(C)C(=O)COC(=O)c1ccc2c(=O)n3c(nc2c1)CCCCCC3. The van der Waals surface area contributed by atoms with E-state index in [-0.39, 0.29) is 23.6 Å². The molecule has 7 heteroatoms. The number of amides is 1. The molecule has 0 spiro atoms. The van der Waals surface area contributed by atoms with Gasteiger partial charge in [0.1, 0.15) is 5.82 Å². The summed E-state index contributed by atoms with van der Waals surface area (Å²) in [6.07, 6.45) is 5.01. The molecule has 1 aromatic heterocycles. The number of hydrogen-bond donors (Lipinski definition) is 0. The molecule has 1 aliphatic heterocycles. The van der Waals surface area contributed by atoms with Crippen molar-refractivity contribution in [2.75, 3.05) is 20.7 Å². The van der Waals surface area contributed by atoms with Crippen LogP contribution in [0, 0.1) is 0 Å². The van der Waals surface area contributed by atoms with Gasteiger partial charge in [-0.05, 0) is 31.0 Å². The largest absolute Gasteiger partial charge is 0.452 e. The zero-order valence-electron chi connectivity index (χ0n) is 15.2. The van der Waals surface area contributed by atoms with E-state index >= 15 is 0 Å². The van der Waals surface area contributed by atoms with E-state index in [4.69, 9.17) is 4.74 Å². The normalized spacial score (nSPS) is 14.2. The summed E-state index contributed by atoms with van der Waals surface area (Å²) < 4.78 is 6.80. The molecule has 3 rings (SSSR count). The molecule has 138 valence electrons. The van der Waals surface area contributed by atoms with E-state index in [1.54, 1.807) is 36.9 Å². The van der Waals surface area contributed by atoms with Crippen molar-refractivity contribution in [3.8, 4) is 0 Å². The van der Waals surface area contributed by atoms with E-state index in [1.165, 1.54) is 4.90 Å². The molecule has 2 aromatic rings. The van der Waals surface area contributed by atoms with Gasteiger partial charge < -0.3 is 9.64 Å². The van der Waals surface area contributed by atoms with E-state index in [0.29, 0.717) is 17.4 Å². The second kappa shape index (κ2) is 7.68. The first-order valence-corrected chi connectivity index (χ1v) is 8.88. The van der Waals surface area contributed by atoms with Crippen molar-refractivity contribution in [3.63, 3.8) is 0 Å². The standard InChI is InChI=1S/C19H23N3O4/c1-21(2)17(23)12-26-19(25)13-8-9-14-15(11-13)20-16-7-5-3-4-6-10-22(16)18(14)24/h8-9,11H,3-7,10,12H2,1-2H3. The van der Waals surface area contributed by atoms with E-state index in [0.717, 1.165) is 37.9 Å². The Morgan fingerprint density at radius 2 is 1.96 bits per heavy atom. The Balaban J connectivity index is 1.91. The highest BCUT2D eigenvalue weighted by molar-refractivity contribution is 5.95. The van der Waals surface area contributed by atoms with Crippen molar-refractivity contribution in [2.45, 2.75) is 38.6 Å². The van der Waals surface area contributed by atoms with Crippen molar-refractivity contribution in [2.24, 2.45) is 0 Å². The predicted molar refractivity (Wildman–Crippen MR) is 97.2 cm³/mol. The van der Waals surface area contributed by atoms with Crippen LogP contribution in [-0.2, 0) is 22.5 Å². The van der Waals surface area contributed by atoms with Crippen LogP contribution in [0.3, 0.4) is 0 Å². The lowest BCUT2D eigenvalue weighted by molar-refractivity contribution is -0.131. The van der Waals surface area contributed by atoms with Crippen molar-refractivity contribution >= 4 is 22.8 Å². The van der Waals surface area contributed by atoms with Crippen LogP contribution >= 0.6 is 0 Å². The van der Waals surface area contributed by atoms with Crippen LogP contribution in [0.15, 0.2) is 23.0 Å². The molecule has 7 nitrogen and oxygen atoms in total. The molecule has 1 aliphatic rings. The second-order valence-electron chi connectivity index (χ2n) is 6.75. The Morgan fingerprint density at radius 1 is 1.19 bits per heavy atom. The van der Waals surface area contributed by atoms with Crippen LogP contribution in [0.4, 0.5) is 0 Å². The number of ether oxygens (including phenoxy) is 1. The maximum Gasteiger partial charge on any atom is 0.338 e. The fourth-order valence-corrected chi connectivity index (χ4v) is 3.06. The predicted octanol–water partition coefficient (Wildman–Crippen LogP) is 1.76. The summed E-state index contributed by atoms with van der Waals surface area (Å²) in [6.45, 7) is 0.373. The summed E-state index contributed by atoms with van der Waals surface area (Å²) in [7, 11) is 3.19. The zero-order valence-corrected chi connectivity index (χ0v) is 15.2. The van der Waals surface area contributed by atoms with Gasteiger partial charge in [0, 0.05) is 27.1 Å². The van der Waals surface area contributed by atoms with Gasteiger partial charge in [-0.15, -0.1) is 0 Å². The Hall–Kier alpha value is -2.70. The molecule has 2 heterocycles. The molecular formula is C19H23N3O4. The summed E-state index contributed by atoms with van der Waals surface area (Å²) in [6, 6.07) is 4.73. The number of carbonyl (C=O) groups is 2. The number of benzene rings is 1. The van der Waals surface area contributed by atoms with Gasteiger partial charge in [0.15, 0.2) is 6.61 Å². The number of likely N-dealkylation sites (N-methyl/N-ethyl adjacent to an activating group) is 1. The molecule has 0 saturated carbocycles. The average Bonchev–Trinajstić information content (AvgIpc) is 2.60. The second-order valence-corrected chi connectivity index (χ2v) is 6.75. The summed E-state index contributed by atoms with van der Waals surface area (Å²) in [5.74, 6) is -0.122. The summed E-state index contributed by atoms with van der Waals surface area (Å²) in [5.41, 5.74) is 0.719. The first-order chi connectivity index (χ1) is 12.5. The van der Waals surface area contributed by atoms with E-state index < -0.39 is 5.97 Å². The summed E-state index contributed by atoms with van der Waals surface area (Å²) in [5, 5.41) is 0.496. The fourth-order valence-electron chi connectivity index (χ4n) is 3.06. The number of aryl methyl sites for hydroxylation is 1. The third kappa shape index (κ3) is 3.76. The minimum absolute atomic E-state index is 0.0606. The van der Waals surface area contributed by atoms with Gasteiger partial charge in [0.05, 0.1) is 16.5 Å². The lowest BCUT2D eigenvalue weighted by atomic mass is 10.1. The average molecular weight is 357 g/mol. The van der Waals surface area contributed by atoms with Crippen LogP contribution in [-0.4, -0.2) is 47.0 Å². The molecule has 0 unspecified atom stereocenters. The number of aromatic nitrogens is 2. The highest BCUT2D eigenvalue weighted by Gasteiger charge is 2.16. The maximum absolute atomic E-state index is 12.8. The van der Waals surface area contributed by atoms with Crippen molar-refractivity contribution in [3.05, 3.63) is 39.9 Å². The van der Waals surface area contributed by atoms with E-state index in [9.17, 15) is 14.4 Å². The van der Waals surface area contributed by atoms with E-state index in [1.807, 2.05) is 0 Å². The van der Waals surface area contributed by atoms with Crippen molar-refractivity contribution in [1.29, 1.82) is 0 Å². The zero-order chi connectivity index (χ0) is 18.7. The Labute approximate surface area is 151 Å². The Kier molecular flexibility index (Phi) is 5.35. The number of esters is 1. The van der Waals surface area contributed by atoms with Gasteiger partial charge in [-0.2, -0.15) is 0 Å². The lowest BCUT2D eigenvalue weighted by Gasteiger charge is -2.16. The highest BCUT2D eigenvalue weighted by Crippen LogP contribution is 2.17. The Morgan fingerprint density at radius 3 is 2.73 bits per heavy atom. The molecule has 1 amide bonds. The van der Waals surface area contributed by atoms with Gasteiger partial charge in [0.25, 0.3) is 11.5 Å². The maximum atomic E-state index is 12.8. The van der Waals surface area contributed by atoms with Crippen molar-refractivity contribution in [1.82, 2.24) is 14.5 Å². The molecule has 0 bridgehead atoms. The molecule has 0 saturated heterocycles. The first-order valence-electron chi connectivity index (χ1n) is 8.88. The van der Waals surface area contributed by atoms with Gasteiger partial charge in [-0.25, -0.2) is 9.78 Å². The lowest BCUT2D eigenvalue weighted by Crippen LogP contribution is -2.28. The third-order valence-electron chi connectivity index (χ3n) is 4.63. The quantitative estimate of drug-likeness (QED) is 0.782. The summed E-state index contributed by atoms with van der Waals surface area (Å²) >= 11 is 0. The number of nitrogens with zero attached hydrogens (tertiary/aromatic N) is 3. The van der Waals surface area contributed by atoms with Crippen molar-refractivity contribution < 1.29 is 14.3 Å². The van der Waals surface area contributed by atoms with Crippen LogP contribution in [0.5, 0.6) is 0 Å². The number of carbonyl (C=O) groups excluding carboxylic acids is 2. The highest BCUT2D eigenvalue weighted by atomic mass is 16.5. The molecule has 1 aromatic carbocycles. The smallest absolute Gasteiger partial charge is 0.338 e. The molecule has 0 radical (unpaired) electrons. The van der Waals surface area contributed by atoms with E-state index in [2.05, 4.69) is 4.98 Å². The third-order valence-corrected chi connectivity index (χ3v) is 4.63. The minimum atomic E-state index is -0.601. The van der Waals surface area contributed by atoms with Gasteiger partial charge >= 0.3 is 5.97 Å². The first kappa shape index (κ1) is 18.1. The molecule has 0 fully saturated rings. The van der Waals surface area contributed by atoms with Crippen LogP contribution < -0.4 is 5.56 Å². The fraction of sp³-hybridized carbons (Fsp3) is 0.474. The molecule has 0 aliphatic carbocycles. The molecule has 0 atom stereocenters. The van der Waals surface area contributed by atoms with Gasteiger partial charge in [-0.3, -0.25) is 14.2 Å². The van der Waals surface area contributed by atoms with Gasteiger partial charge in [0.2, 0.25) is 0 Å². The topological polar surface area (TPSA) is 81.5 Å². The molecular weight excluding hydrogens is 334 g/mol. The molecule has 26 heavy (non-hydrogen) atoms. The minimum Gasteiger partial charge on any atom is -0.452 e. The van der Waals surface area contributed by atoms with Crippen LogP contribution in [0.1, 0.15) is 41.9 Å². The number of fused-ring (bicyclic) bond motifs is 2. The van der Waals surface area contributed by atoms with Crippen LogP contribution in [0.25, 0.3) is 10.9 Å². The number of hydrogen-bond acceptors (Lipinski definition) is 5. The molecule has 0 N–H and O–H groups in total. The van der Waals surface area contributed by atoms with Gasteiger partial charge in [-0.1, -0.05) is 12.8 Å². The Bertz CT molecular complexity index is 902. The summed E-state index contributed by atoms with van der Waals surface area (Å²) in [4.78, 5) is 42.5.